The van der Waals surface area contributed by atoms with Gasteiger partial charge >= 0.3 is 6.09 Å². The van der Waals surface area contributed by atoms with Gasteiger partial charge in [0, 0.05) is 49.9 Å². The van der Waals surface area contributed by atoms with Crippen molar-refractivity contribution < 1.29 is 31.8 Å². The maximum absolute atomic E-state index is 16.2. The van der Waals surface area contributed by atoms with Gasteiger partial charge in [-0.2, -0.15) is 0 Å². The second kappa shape index (κ2) is 14.9. The van der Waals surface area contributed by atoms with E-state index >= 15 is 4.39 Å². The molecule has 7 rings (SSSR count). The number of carbonyl (C=O) groups excluding carboxylic acids is 1. The van der Waals surface area contributed by atoms with E-state index in [2.05, 4.69) is 21.2 Å². The number of aliphatic hydroxyl groups excluding tert-OH is 1. The molecular weight excluding hydrogens is 677 g/mol. The monoisotopic (exact) mass is 729 g/mol. The summed E-state index contributed by atoms with van der Waals surface area (Å²) in [6.07, 6.45) is 5.23. The summed E-state index contributed by atoms with van der Waals surface area (Å²) in [5.74, 6) is 0.115. The Morgan fingerprint density at radius 3 is 2.33 bits per heavy atom. The molecule has 4 saturated heterocycles. The fourth-order valence-corrected chi connectivity index (χ4v) is 11.5. The molecule has 1 aliphatic carbocycles. The molecule has 4 heterocycles. The lowest BCUT2D eigenvalue weighted by Gasteiger charge is -2.54. The van der Waals surface area contributed by atoms with Crippen molar-refractivity contribution in [1.82, 2.24) is 20.0 Å². The number of ether oxygens (including phenoxy) is 1. The summed E-state index contributed by atoms with van der Waals surface area (Å²) in [6, 6.07) is 13.8. The zero-order valence-corrected chi connectivity index (χ0v) is 30.5. The normalized spacial score (nSPS) is 26.2. The van der Waals surface area contributed by atoms with Crippen LogP contribution in [0.25, 0.3) is 0 Å². The molecule has 0 radical (unpaired) electrons. The Morgan fingerprint density at radius 1 is 0.980 bits per heavy atom. The van der Waals surface area contributed by atoms with Crippen molar-refractivity contribution in [3.63, 3.8) is 0 Å². The number of β-amino-alcohol motifs (C(OH)–C–C–N with tert-alkyl or cyclic N) is 1. The summed E-state index contributed by atoms with van der Waals surface area (Å²) in [5, 5.41) is 11.8. The number of likely N-dealkylation sites (tertiary alicyclic amines) is 3. The van der Waals surface area contributed by atoms with Crippen molar-refractivity contribution in [2.24, 2.45) is 11.8 Å². The van der Waals surface area contributed by atoms with Gasteiger partial charge in [0.15, 0.2) is 15.5 Å². The second-order valence-electron chi connectivity index (χ2n) is 15.7. The van der Waals surface area contributed by atoms with Crippen LogP contribution >= 0.6 is 0 Å². The SMILES string of the molecule is COC(=O)N[C@H]1CCC[C@@H]1[C@](CN1CCC1)(c1cccc(F)c1)C1CCN(CC2(F)CN(c3ccc(S(=O)(=O)C4CN(CCO)C4)cc3)C2)CC1. The third-order valence-electron chi connectivity index (χ3n) is 12.5. The molecule has 5 fully saturated rings. The predicted octanol–water partition coefficient (Wildman–Crippen LogP) is 3.68. The lowest BCUT2D eigenvalue weighted by atomic mass is 9.57. The Hall–Kier alpha value is -2.84. The molecule has 5 aliphatic rings. The molecule has 10 nitrogen and oxygen atoms in total. The maximum Gasteiger partial charge on any atom is 0.407 e. The van der Waals surface area contributed by atoms with E-state index in [9.17, 15) is 17.6 Å². The van der Waals surface area contributed by atoms with Crippen molar-refractivity contribution in [1.29, 1.82) is 0 Å². The fraction of sp³-hybridized carbons (Fsp3) is 0.658. The lowest BCUT2D eigenvalue weighted by Crippen LogP contribution is -2.65. The van der Waals surface area contributed by atoms with Gasteiger partial charge in [-0.3, -0.25) is 9.80 Å². The smallest absolute Gasteiger partial charge is 0.407 e. The highest BCUT2D eigenvalue weighted by molar-refractivity contribution is 7.92. The highest BCUT2D eigenvalue weighted by Crippen LogP contribution is 2.51. The molecule has 2 N–H and O–H groups in total. The molecule has 0 aromatic heterocycles. The minimum absolute atomic E-state index is 0.0141. The Kier molecular flexibility index (Phi) is 10.7. The third-order valence-corrected chi connectivity index (χ3v) is 14.6. The number of aliphatic hydroxyl groups is 1. The van der Waals surface area contributed by atoms with Crippen LogP contribution < -0.4 is 10.2 Å². The highest BCUT2D eigenvalue weighted by Gasteiger charge is 2.54. The molecule has 13 heteroatoms. The second-order valence-corrected chi connectivity index (χ2v) is 17.9. The first-order valence-corrected chi connectivity index (χ1v) is 20.2. The first-order chi connectivity index (χ1) is 24.5. The number of sulfone groups is 1. The van der Waals surface area contributed by atoms with Crippen LogP contribution in [0, 0.1) is 17.7 Å². The molecular formula is C38H53F2N5O5S. The van der Waals surface area contributed by atoms with Crippen LogP contribution in [0.2, 0.25) is 0 Å². The summed E-state index contributed by atoms with van der Waals surface area (Å²) in [5.41, 5.74) is 0.0872. The molecule has 2 aromatic carbocycles. The molecule has 280 valence electrons. The number of nitrogens with one attached hydrogen (secondary N) is 1. The molecule has 51 heavy (non-hydrogen) atoms. The zero-order valence-electron chi connectivity index (χ0n) is 29.7. The van der Waals surface area contributed by atoms with Crippen LogP contribution in [0.5, 0.6) is 0 Å². The van der Waals surface area contributed by atoms with Crippen molar-refractivity contribution in [3.8, 4) is 0 Å². The number of amides is 1. The van der Waals surface area contributed by atoms with Crippen molar-refractivity contribution in [2.45, 2.75) is 65.8 Å². The van der Waals surface area contributed by atoms with Gasteiger partial charge in [0.2, 0.25) is 0 Å². The number of halogens is 2. The van der Waals surface area contributed by atoms with E-state index in [4.69, 9.17) is 9.84 Å². The number of carbonyl (C=O) groups is 1. The van der Waals surface area contributed by atoms with Gasteiger partial charge in [0.05, 0.1) is 37.0 Å². The molecule has 0 unspecified atom stereocenters. The zero-order chi connectivity index (χ0) is 35.8. The molecule has 4 aliphatic heterocycles. The van der Waals surface area contributed by atoms with Crippen molar-refractivity contribution in [2.75, 3.05) is 90.6 Å². The molecule has 0 spiro atoms. The summed E-state index contributed by atoms with van der Waals surface area (Å²) in [4.78, 5) is 21.3. The third kappa shape index (κ3) is 7.38. The average molecular weight is 730 g/mol. The summed E-state index contributed by atoms with van der Waals surface area (Å²) >= 11 is 0. The van der Waals surface area contributed by atoms with Crippen LogP contribution in [0.15, 0.2) is 53.4 Å². The van der Waals surface area contributed by atoms with E-state index in [-0.39, 0.29) is 53.7 Å². The van der Waals surface area contributed by atoms with Gasteiger partial charge in [0.1, 0.15) is 5.82 Å². The Balaban J connectivity index is 1.00. The predicted molar refractivity (Wildman–Crippen MR) is 192 cm³/mol. The Bertz CT molecular complexity index is 1630. The number of benzene rings is 2. The number of hydrogen-bond acceptors (Lipinski definition) is 9. The standard InChI is InChI=1S/C38H53F2N5O5S/c1-50-36(47)41-35-8-3-7-34(35)38(27-42-15-4-16-42,29-5-2-6-30(39)21-29)28-13-17-43(18-14-28)24-37(40)25-45(26-37)31-9-11-32(12-10-31)51(48,49)33-22-44(23-33)19-20-46/h2,5-6,9-12,21,28,33-35,46H,3-4,7-8,13-20,22-27H2,1H3,(H,41,47)/t34-,35-,38-/m0/s1. The van der Waals surface area contributed by atoms with E-state index in [1.807, 2.05) is 15.9 Å². The fourth-order valence-electron chi connectivity index (χ4n) is 9.75. The van der Waals surface area contributed by atoms with Gasteiger partial charge in [-0.25, -0.2) is 22.0 Å². The topological polar surface area (TPSA) is 106 Å². The van der Waals surface area contributed by atoms with Crippen LogP contribution in [-0.4, -0.2) is 137 Å². The van der Waals surface area contributed by atoms with Crippen LogP contribution in [-0.2, 0) is 20.0 Å². The number of rotatable bonds is 13. The first kappa shape index (κ1) is 36.5. The minimum atomic E-state index is -3.45. The molecule has 1 saturated carbocycles. The van der Waals surface area contributed by atoms with E-state index in [1.165, 1.54) is 13.2 Å². The van der Waals surface area contributed by atoms with Crippen molar-refractivity contribution in [3.05, 3.63) is 59.9 Å². The lowest BCUT2D eigenvalue weighted by molar-refractivity contribution is 0.00584. The van der Waals surface area contributed by atoms with Crippen LogP contribution in [0.4, 0.5) is 19.3 Å². The van der Waals surface area contributed by atoms with Crippen LogP contribution in [0.3, 0.4) is 0 Å². The molecule has 0 bridgehead atoms. The van der Waals surface area contributed by atoms with Gasteiger partial charge < -0.3 is 25.0 Å². The van der Waals surface area contributed by atoms with E-state index < -0.39 is 26.8 Å². The number of nitrogens with zero attached hydrogens (tertiary/aromatic N) is 4. The van der Waals surface area contributed by atoms with Gasteiger partial charge in [-0.1, -0.05) is 18.6 Å². The van der Waals surface area contributed by atoms with E-state index in [1.54, 1.807) is 30.3 Å². The highest BCUT2D eigenvalue weighted by atomic mass is 32.2. The van der Waals surface area contributed by atoms with Gasteiger partial charge in [0.25, 0.3) is 0 Å². The summed E-state index contributed by atoms with van der Waals surface area (Å²) in [7, 11) is -2.06. The van der Waals surface area contributed by atoms with E-state index in [0.29, 0.717) is 26.2 Å². The Morgan fingerprint density at radius 2 is 1.71 bits per heavy atom. The average Bonchev–Trinajstić information content (AvgIpc) is 3.53. The van der Waals surface area contributed by atoms with Gasteiger partial charge in [-0.15, -0.1) is 0 Å². The molecule has 1 amide bonds. The minimum Gasteiger partial charge on any atom is -0.453 e. The quantitative estimate of drug-likeness (QED) is 0.320. The number of piperidine rings is 1. The number of hydrogen-bond donors (Lipinski definition) is 2. The Labute approximate surface area is 301 Å². The summed E-state index contributed by atoms with van der Waals surface area (Å²) < 4.78 is 62.2. The molecule has 3 atom stereocenters. The van der Waals surface area contributed by atoms with E-state index in [0.717, 1.165) is 82.5 Å². The number of alkyl carbamates (subject to hydrolysis) is 1. The number of anilines is 1. The number of alkyl halides is 1. The summed E-state index contributed by atoms with van der Waals surface area (Å²) in [6.45, 7) is 6.54. The molecule has 2 aromatic rings. The van der Waals surface area contributed by atoms with Crippen LogP contribution in [0.1, 0.15) is 44.1 Å². The van der Waals surface area contributed by atoms with Gasteiger partial charge in [-0.05, 0) is 112 Å². The largest absolute Gasteiger partial charge is 0.453 e. The first-order valence-electron chi connectivity index (χ1n) is 18.7. The maximum atomic E-state index is 16.2. The number of methoxy groups -OCH3 is 1. The van der Waals surface area contributed by atoms with Crippen molar-refractivity contribution >= 4 is 21.6 Å².